The molecule has 0 fully saturated rings. The highest BCUT2D eigenvalue weighted by atomic mass is 32.1. The van der Waals surface area contributed by atoms with E-state index in [-0.39, 0.29) is 0 Å². The van der Waals surface area contributed by atoms with Crippen molar-refractivity contribution in [3.8, 4) is 0 Å². The maximum Gasteiger partial charge on any atom is 0.0725 e. The average molecular weight is 200 g/mol. The molecule has 0 saturated carbocycles. The summed E-state index contributed by atoms with van der Waals surface area (Å²) in [6, 6.07) is 0. The van der Waals surface area contributed by atoms with Gasteiger partial charge in [-0.15, -0.1) is 5.10 Å². The van der Waals surface area contributed by atoms with Crippen LogP contribution < -0.4 is 5.73 Å². The molecule has 1 heterocycles. The standard InChI is InChI=1S/C8H16N4S/c9-4-2-1-3-8-7-10-11-12(8)5-6-13/h7,13H,1-6,9H2. The Balaban J connectivity index is 2.40. The molecule has 0 aliphatic rings. The molecule has 1 aromatic heterocycles. The third-order valence-electron chi connectivity index (χ3n) is 1.90. The van der Waals surface area contributed by atoms with Crippen molar-refractivity contribution < 1.29 is 0 Å². The number of nitrogens with two attached hydrogens (primary N) is 1. The Labute approximate surface area is 83.9 Å². The van der Waals surface area contributed by atoms with Gasteiger partial charge in [0.25, 0.3) is 0 Å². The van der Waals surface area contributed by atoms with Gasteiger partial charge in [0, 0.05) is 5.75 Å². The molecule has 0 unspecified atom stereocenters. The summed E-state index contributed by atoms with van der Waals surface area (Å²) in [5.41, 5.74) is 6.60. The quantitative estimate of drug-likeness (QED) is 0.519. The Hall–Kier alpha value is -0.550. The van der Waals surface area contributed by atoms with Gasteiger partial charge in [0.15, 0.2) is 0 Å². The lowest BCUT2D eigenvalue weighted by molar-refractivity contribution is 0.589. The number of rotatable bonds is 6. The van der Waals surface area contributed by atoms with Gasteiger partial charge >= 0.3 is 0 Å². The summed E-state index contributed by atoms with van der Waals surface area (Å²) in [7, 11) is 0. The van der Waals surface area contributed by atoms with Gasteiger partial charge in [-0.05, 0) is 25.8 Å². The minimum atomic E-state index is 0.758. The van der Waals surface area contributed by atoms with E-state index in [1.54, 1.807) is 0 Å². The summed E-state index contributed by atoms with van der Waals surface area (Å²) < 4.78 is 1.91. The number of aryl methyl sites for hydroxylation is 2. The predicted octanol–water partition coefficient (Wildman–Crippen LogP) is 0.489. The monoisotopic (exact) mass is 200 g/mol. The Bertz CT molecular complexity index is 236. The molecule has 0 spiro atoms. The first kappa shape index (κ1) is 10.5. The van der Waals surface area contributed by atoms with Gasteiger partial charge in [0.05, 0.1) is 18.4 Å². The van der Waals surface area contributed by atoms with Crippen molar-refractivity contribution in [2.24, 2.45) is 5.73 Å². The number of aromatic nitrogens is 3. The summed E-state index contributed by atoms with van der Waals surface area (Å²) >= 11 is 4.16. The lowest BCUT2D eigenvalue weighted by Gasteiger charge is -2.02. The number of hydrogen-bond donors (Lipinski definition) is 2. The SMILES string of the molecule is NCCCCc1cnnn1CCS. The first-order valence-electron chi connectivity index (χ1n) is 4.56. The minimum Gasteiger partial charge on any atom is -0.330 e. The van der Waals surface area contributed by atoms with Gasteiger partial charge in [-0.2, -0.15) is 12.6 Å². The molecule has 5 heteroatoms. The maximum atomic E-state index is 5.41. The van der Waals surface area contributed by atoms with Crippen LogP contribution >= 0.6 is 12.6 Å². The molecular weight excluding hydrogens is 184 g/mol. The summed E-state index contributed by atoms with van der Waals surface area (Å²) in [4.78, 5) is 0. The van der Waals surface area contributed by atoms with Crippen molar-refractivity contribution in [2.75, 3.05) is 12.3 Å². The summed E-state index contributed by atoms with van der Waals surface area (Å²) in [6.07, 6.45) is 5.00. The van der Waals surface area contributed by atoms with E-state index in [9.17, 15) is 0 Å². The molecule has 0 aliphatic heterocycles. The summed E-state index contributed by atoms with van der Waals surface area (Å²) in [5.74, 6) is 0.799. The van der Waals surface area contributed by atoms with Crippen LogP contribution in [0, 0.1) is 0 Å². The van der Waals surface area contributed by atoms with Gasteiger partial charge in [0.1, 0.15) is 0 Å². The molecule has 0 radical (unpaired) electrons. The zero-order valence-electron chi connectivity index (χ0n) is 7.69. The van der Waals surface area contributed by atoms with Gasteiger partial charge in [-0.25, -0.2) is 4.68 Å². The second-order valence-corrected chi connectivity index (χ2v) is 3.37. The van der Waals surface area contributed by atoms with E-state index in [1.807, 2.05) is 10.9 Å². The third kappa shape index (κ3) is 3.36. The zero-order chi connectivity index (χ0) is 9.52. The second kappa shape index (κ2) is 5.99. The van der Waals surface area contributed by atoms with E-state index in [0.717, 1.165) is 38.1 Å². The minimum absolute atomic E-state index is 0.758. The van der Waals surface area contributed by atoms with Crippen LogP contribution in [0.1, 0.15) is 18.5 Å². The van der Waals surface area contributed by atoms with Gasteiger partial charge in [-0.3, -0.25) is 0 Å². The summed E-state index contributed by atoms with van der Waals surface area (Å²) in [6.45, 7) is 1.59. The molecule has 2 N–H and O–H groups in total. The highest BCUT2D eigenvalue weighted by Crippen LogP contribution is 2.02. The first-order chi connectivity index (χ1) is 6.38. The fourth-order valence-electron chi connectivity index (χ4n) is 1.21. The third-order valence-corrected chi connectivity index (χ3v) is 2.10. The maximum absolute atomic E-state index is 5.41. The van der Waals surface area contributed by atoms with Crippen molar-refractivity contribution in [1.29, 1.82) is 0 Å². The van der Waals surface area contributed by atoms with Crippen molar-refractivity contribution in [1.82, 2.24) is 15.0 Å². The zero-order valence-corrected chi connectivity index (χ0v) is 8.58. The topological polar surface area (TPSA) is 56.7 Å². The largest absolute Gasteiger partial charge is 0.330 e. The average Bonchev–Trinajstić information content (AvgIpc) is 2.54. The van der Waals surface area contributed by atoms with E-state index in [4.69, 9.17) is 5.73 Å². The van der Waals surface area contributed by atoms with Crippen LogP contribution in [0.15, 0.2) is 6.20 Å². The lowest BCUT2D eigenvalue weighted by atomic mass is 10.2. The van der Waals surface area contributed by atoms with Crippen LogP contribution in [0.25, 0.3) is 0 Å². The Morgan fingerprint density at radius 1 is 1.46 bits per heavy atom. The fraction of sp³-hybridized carbons (Fsp3) is 0.750. The van der Waals surface area contributed by atoms with Gasteiger partial charge in [-0.1, -0.05) is 5.21 Å². The molecule has 0 atom stereocenters. The molecule has 74 valence electrons. The van der Waals surface area contributed by atoms with E-state index >= 15 is 0 Å². The van der Waals surface area contributed by atoms with E-state index in [0.29, 0.717) is 0 Å². The van der Waals surface area contributed by atoms with Crippen molar-refractivity contribution in [3.05, 3.63) is 11.9 Å². The molecule has 4 nitrogen and oxygen atoms in total. The number of thiol groups is 1. The van der Waals surface area contributed by atoms with E-state index in [2.05, 4.69) is 22.9 Å². The molecule has 1 aromatic rings. The molecular formula is C8H16N4S. The second-order valence-electron chi connectivity index (χ2n) is 2.92. The fourth-order valence-corrected chi connectivity index (χ4v) is 1.40. The molecule has 0 aliphatic carbocycles. The van der Waals surface area contributed by atoms with Crippen molar-refractivity contribution in [3.63, 3.8) is 0 Å². The lowest BCUT2D eigenvalue weighted by Crippen LogP contribution is -2.07. The van der Waals surface area contributed by atoms with E-state index in [1.165, 1.54) is 5.69 Å². The normalized spacial score (nSPS) is 10.6. The van der Waals surface area contributed by atoms with Crippen LogP contribution in [0.4, 0.5) is 0 Å². The molecule has 1 rings (SSSR count). The summed E-state index contributed by atoms with van der Waals surface area (Å²) in [5, 5.41) is 7.84. The number of unbranched alkanes of at least 4 members (excludes halogenated alkanes) is 1. The molecule has 13 heavy (non-hydrogen) atoms. The first-order valence-corrected chi connectivity index (χ1v) is 5.20. The Morgan fingerprint density at radius 2 is 2.31 bits per heavy atom. The van der Waals surface area contributed by atoms with Crippen LogP contribution in [-0.2, 0) is 13.0 Å². The van der Waals surface area contributed by atoms with Crippen molar-refractivity contribution in [2.45, 2.75) is 25.8 Å². The smallest absolute Gasteiger partial charge is 0.0725 e. The highest BCUT2D eigenvalue weighted by molar-refractivity contribution is 7.80. The number of hydrogen-bond acceptors (Lipinski definition) is 4. The van der Waals surface area contributed by atoms with Crippen molar-refractivity contribution >= 4 is 12.6 Å². The Morgan fingerprint density at radius 3 is 3.00 bits per heavy atom. The molecule has 0 bridgehead atoms. The van der Waals surface area contributed by atoms with Gasteiger partial charge in [0.2, 0.25) is 0 Å². The van der Waals surface area contributed by atoms with Crippen LogP contribution in [0.2, 0.25) is 0 Å². The van der Waals surface area contributed by atoms with Crippen LogP contribution in [0.3, 0.4) is 0 Å². The van der Waals surface area contributed by atoms with Gasteiger partial charge < -0.3 is 5.73 Å². The predicted molar refractivity (Wildman–Crippen MR) is 55.9 cm³/mol. The van der Waals surface area contributed by atoms with E-state index < -0.39 is 0 Å². The molecule has 0 aromatic carbocycles. The molecule has 0 amide bonds. The van der Waals surface area contributed by atoms with Crippen LogP contribution in [0.5, 0.6) is 0 Å². The number of nitrogens with zero attached hydrogens (tertiary/aromatic N) is 3. The van der Waals surface area contributed by atoms with Crippen LogP contribution in [-0.4, -0.2) is 27.3 Å². The highest BCUT2D eigenvalue weighted by Gasteiger charge is 2.01. The Kier molecular flexibility index (Phi) is 4.85. The molecule has 0 saturated heterocycles.